The second-order valence-corrected chi connectivity index (χ2v) is 4.75. The molecule has 1 aliphatic rings. The Labute approximate surface area is 87.2 Å². The summed E-state index contributed by atoms with van der Waals surface area (Å²) in [6.07, 6.45) is 5.25. The maximum absolute atomic E-state index is 6.29. The molecule has 2 heteroatoms. The Balaban J connectivity index is 2.03. The number of hydrogen-bond acceptors (Lipinski definition) is 1. The molecule has 1 N–H and O–H groups in total. The van der Waals surface area contributed by atoms with Crippen molar-refractivity contribution in [3.8, 4) is 0 Å². The van der Waals surface area contributed by atoms with Crippen LogP contribution in [0.1, 0.15) is 39.5 Å². The Morgan fingerprint density at radius 1 is 1.31 bits per heavy atom. The molecule has 0 aromatic heterocycles. The van der Waals surface area contributed by atoms with Crippen LogP contribution >= 0.6 is 11.6 Å². The van der Waals surface area contributed by atoms with E-state index in [4.69, 9.17) is 11.6 Å². The molecule has 0 spiro atoms. The molecule has 1 aliphatic carbocycles. The van der Waals surface area contributed by atoms with Crippen LogP contribution in [0.4, 0.5) is 0 Å². The molecule has 1 rings (SSSR count). The van der Waals surface area contributed by atoms with Crippen molar-refractivity contribution in [1.82, 2.24) is 5.32 Å². The number of rotatable bonds is 7. The van der Waals surface area contributed by atoms with E-state index in [9.17, 15) is 0 Å². The van der Waals surface area contributed by atoms with Crippen LogP contribution in [0.2, 0.25) is 0 Å². The summed E-state index contributed by atoms with van der Waals surface area (Å²) in [6, 6.07) is 0. The van der Waals surface area contributed by atoms with Gasteiger partial charge in [-0.15, -0.1) is 11.6 Å². The standard InChI is InChI=1S/C11H22ClN/c1-3-10(4-2)11(12)8-13-7-9-5-6-9/h9-11,13H,3-8H2,1-2H3. The van der Waals surface area contributed by atoms with Crippen molar-refractivity contribution >= 4 is 11.6 Å². The predicted octanol–water partition coefficient (Wildman–Crippen LogP) is 3.03. The predicted molar refractivity (Wildman–Crippen MR) is 59.3 cm³/mol. The van der Waals surface area contributed by atoms with Gasteiger partial charge in [-0.25, -0.2) is 0 Å². The molecule has 1 saturated carbocycles. The van der Waals surface area contributed by atoms with E-state index in [1.807, 2.05) is 0 Å². The molecule has 1 unspecified atom stereocenters. The molecule has 78 valence electrons. The first kappa shape index (κ1) is 11.3. The molecule has 0 amide bonds. The second kappa shape index (κ2) is 5.87. The summed E-state index contributed by atoms with van der Waals surface area (Å²) in [6.45, 7) is 6.63. The third kappa shape index (κ3) is 4.33. The Hall–Kier alpha value is 0.250. The van der Waals surface area contributed by atoms with Crippen LogP contribution in [0.15, 0.2) is 0 Å². The maximum atomic E-state index is 6.29. The van der Waals surface area contributed by atoms with Gasteiger partial charge in [0.15, 0.2) is 0 Å². The topological polar surface area (TPSA) is 12.0 Å². The van der Waals surface area contributed by atoms with E-state index in [1.165, 1.54) is 32.2 Å². The highest BCUT2D eigenvalue weighted by molar-refractivity contribution is 6.21. The van der Waals surface area contributed by atoms with Crippen molar-refractivity contribution in [3.63, 3.8) is 0 Å². The van der Waals surface area contributed by atoms with Crippen molar-refractivity contribution < 1.29 is 0 Å². The summed E-state index contributed by atoms with van der Waals surface area (Å²) in [7, 11) is 0. The van der Waals surface area contributed by atoms with E-state index in [0.717, 1.165) is 12.5 Å². The SMILES string of the molecule is CCC(CC)C(Cl)CNCC1CC1. The van der Waals surface area contributed by atoms with Gasteiger partial charge in [-0.1, -0.05) is 26.7 Å². The number of nitrogens with one attached hydrogen (secondary N) is 1. The minimum Gasteiger partial charge on any atom is -0.315 e. The van der Waals surface area contributed by atoms with Crippen LogP contribution in [-0.2, 0) is 0 Å². The maximum Gasteiger partial charge on any atom is 0.0488 e. The summed E-state index contributed by atoms with van der Waals surface area (Å²) in [4.78, 5) is 0. The van der Waals surface area contributed by atoms with Crippen molar-refractivity contribution in [2.24, 2.45) is 11.8 Å². The Morgan fingerprint density at radius 2 is 1.92 bits per heavy atom. The van der Waals surface area contributed by atoms with E-state index < -0.39 is 0 Å². The van der Waals surface area contributed by atoms with Gasteiger partial charge in [0.25, 0.3) is 0 Å². The molecule has 0 bridgehead atoms. The van der Waals surface area contributed by atoms with Crippen LogP contribution in [0.3, 0.4) is 0 Å². The first-order valence-corrected chi connectivity index (χ1v) is 6.06. The lowest BCUT2D eigenvalue weighted by Gasteiger charge is -2.19. The van der Waals surface area contributed by atoms with E-state index in [1.54, 1.807) is 0 Å². The average Bonchev–Trinajstić information content (AvgIpc) is 2.90. The van der Waals surface area contributed by atoms with Gasteiger partial charge < -0.3 is 5.32 Å². The quantitative estimate of drug-likeness (QED) is 0.628. The number of alkyl halides is 1. The van der Waals surface area contributed by atoms with Crippen molar-refractivity contribution in [1.29, 1.82) is 0 Å². The summed E-state index contributed by atoms with van der Waals surface area (Å²) < 4.78 is 0. The molecule has 1 atom stereocenters. The molecule has 0 saturated heterocycles. The smallest absolute Gasteiger partial charge is 0.0488 e. The fourth-order valence-electron chi connectivity index (χ4n) is 1.71. The lowest BCUT2D eigenvalue weighted by molar-refractivity contribution is 0.443. The molecular formula is C11H22ClN. The fourth-order valence-corrected chi connectivity index (χ4v) is 2.18. The lowest BCUT2D eigenvalue weighted by Crippen LogP contribution is -2.29. The highest BCUT2D eigenvalue weighted by atomic mass is 35.5. The summed E-state index contributed by atoms with van der Waals surface area (Å²) >= 11 is 6.29. The van der Waals surface area contributed by atoms with Gasteiger partial charge in [-0.3, -0.25) is 0 Å². The summed E-state index contributed by atoms with van der Waals surface area (Å²) in [5.41, 5.74) is 0. The van der Waals surface area contributed by atoms with Gasteiger partial charge in [0, 0.05) is 11.9 Å². The van der Waals surface area contributed by atoms with E-state index in [2.05, 4.69) is 19.2 Å². The normalized spacial score (nSPS) is 19.4. The summed E-state index contributed by atoms with van der Waals surface area (Å²) in [5, 5.41) is 3.79. The molecule has 13 heavy (non-hydrogen) atoms. The lowest BCUT2D eigenvalue weighted by atomic mass is 9.99. The average molecular weight is 204 g/mol. The molecule has 0 aromatic carbocycles. The van der Waals surface area contributed by atoms with E-state index >= 15 is 0 Å². The second-order valence-electron chi connectivity index (χ2n) is 4.19. The summed E-state index contributed by atoms with van der Waals surface area (Å²) in [5.74, 6) is 1.65. The largest absolute Gasteiger partial charge is 0.315 e. The van der Waals surface area contributed by atoms with Crippen molar-refractivity contribution in [2.45, 2.75) is 44.9 Å². The molecule has 0 radical (unpaired) electrons. The highest BCUT2D eigenvalue weighted by Gasteiger charge is 2.21. The number of halogens is 1. The zero-order valence-electron chi connectivity index (χ0n) is 8.85. The Bertz CT molecular complexity index is 130. The van der Waals surface area contributed by atoms with Crippen LogP contribution < -0.4 is 5.32 Å². The van der Waals surface area contributed by atoms with Crippen LogP contribution in [0, 0.1) is 11.8 Å². The minimum atomic E-state index is 0.328. The minimum absolute atomic E-state index is 0.328. The van der Waals surface area contributed by atoms with Gasteiger partial charge in [0.2, 0.25) is 0 Å². The van der Waals surface area contributed by atoms with E-state index in [0.29, 0.717) is 11.3 Å². The van der Waals surface area contributed by atoms with Crippen LogP contribution in [-0.4, -0.2) is 18.5 Å². The number of hydrogen-bond donors (Lipinski definition) is 1. The zero-order chi connectivity index (χ0) is 9.68. The zero-order valence-corrected chi connectivity index (χ0v) is 9.61. The molecule has 1 fully saturated rings. The molecular weight excluding hydrogens is 182 g/mol. The van der Waals surface area contributed by atoms with Crippen molar-refractivity contribution in [3.05, 3.63) is 0 Å². The van der Waals surface area contributed by atoms with Gasteiger partial charge in [-0.05, 0) is 31.2 Å². The van der Waals surface area contributed by atoms with Gasteiger partial charge >= 0.3 is 0 Å². The fraction of sp³-hybridized carbons (Fsp3) is 1.00. The third-order valence-electron chi connectivity index (χ3n) is 3.03. The van der Waals surface area contributed by atoms with Crippen molar-refractivity contribution in [2.75, 3.05) is 13.1 Å². The molecule has 0 aromatic rings. The first-order valence-electron chi connectivity index (χ1n) is 5.62. The Kier molecular flexibility index (Phi) is 5.12. The van der Waals surface area contributed by atoms with Gasteiger partial charge in [0.05, 0.1) is 0 Å². The molecule has 0 aliphatic heterocycles. The van der Waals surface area contributed by atoms with Crippen LogP contribution in [0.25, 0.3) is 0 Å². The highest BCUT2D eigenvalue weighted by Crippen LogP contribution is 2.27. The first-order chi connectivity index (χ1) is 6.27. The molecule has 0 heterocycles. The molecule has 1 nitrogen and oxygen atoms in total. The van der Waals surface area contributed by atoms with Gasteiger partial charge in [-0.2, -0.15) is 0 Å². The third-order valence-corrected chi connectivity index (χ3v) is 3.54. The van der Waals surface area contributed by atoms with Crippen LogP contribution in [0.5, 0.6) is 0 Å². The Morgan fingerprint density at radius 3 is 2.38 bits per heavy atom. The van der Waals surface area contributed by atoms with E-state index in [-0.39, 0.29) is 0 Å². The monoisotopic (exact) mass is 203 g/mol. The van der Waals surface area contributed by atoms with Gasteiger partial charge in [0.1, 0.15) is 0 Å².